The Morgan fingerprint density at radius 1 is 1.42 bits per heavy atom. The Bertz CT molecular complexity index is 238. The quantitative estimate of drug-likeness (QED) is 0.686. The molecule has 0 amide bonds. The fraction of sp³-hybridized carbons (Fsp3) is 0.444. The Morgan fingerprint density at radius 3 is 2.92 bits per heavy atom. The van der Waals surface area contributed by atoms with Crippen molar-refractivity contribution in [2.45, 2.75) is 13.3 Å². The highest BCUT2D eigenvalue weighted by molar-refractivity contribution is 5.36. The first-order chi connectivity index (χ1) is 5.88. The van der Waals surface area contributed by atoms with Crippen LogP contribution in [0.5, 0.6) is 11.5 Å². The third-order valence-corrected chi connectivity index (χ3v) is 1.43. The van der Waals surface area contributed by atoms with Crippen LogP contribution in [0.3, 0.4) is 0 Å². The van der Waals surface area contributed by atoms with E-state index in [-0.39, 0.29) is 0 Å². The van der Waals surface area contributed by atoms with Gasteiger partial charge in [-0.05, 0) is 6.42 Å². The van der Waals surface area contributed by atoms with Crippen LogP contribution in [0, 0.1) is 0 Å². The maximum absolute atomic E-state index is 5.39. The average molecular weight is 167 g/mol. The Morgan fingerprint density at radius 2 is 2.25 bits per heavy atom. The lowest BCUT2D eigenvalue weighted by molar-refractivity contribution is 0.293. The molecule has 0 aliphatic heterocycles. The first-order valence-corrected chi connectivity index (χ1v) is 3.99. The number of hydrogen-bond donors (Lipinski definition) is 0. The van der Waals surface area contributed by atoms with Crippen molar-refractivity contribution in [2.75, 3.05) is 13.7 Å². The average Bonchev–Trinajstić information content (AvgIpc) is 2.15. The molecule has 12 heavy (non-hydrogen) atoms. The number of hydrogen-bond acceptors (Lipinski definition) is 3. The summed E-state index contributed by atoms with van der Waals surface area (Å²) in [6, 6.07) is 1.78. The van der Waals surface area contributed by atoms with Gasteiger partial charge >= 0.3 is 0 Å². The predicted octanol–water partition coefficient (Wildman–Crippen LogP) is 1.88. The van der Waals surface area contributed by atoms with Crippen LogP contribution < -0.4 is 9.47 Å². The number of rotatable bonds is 4. The van der Waals surface area contributed by atoms with Gasteiger partial charge in [-0.2, -0.15) is 0 Å². The van der Waals surface area contributed by atoms with Crippen LogP contribution in [-0.2, 0) is 0 Å². The summed E-state index contributed by atoms with van der Waals surface area (Å²) < 4.78 is 10.5. The molecule has 0 bridgehead atoms. The molecular formula is C9H13NO2. The number of pyridine rings is 1. The number of aromatic nitrogens is 1. The zero-order valence-corrected chi connectivity index (χ0v) is 7.41. The number of methoxy groups -OCH3 is 1. The highest BCUT2D eigenvalue weighted by atomic mass is 16.5. The van der Waals surface area contributed by atoms with Gasteiger partial charge in [0.25, 0.3) is 0 Å². The van der Waals surface area contributed by atoms with E-state index in [0.717, 1.165) is 12.2 Å². The summed E-state index contributed by atoms with van der Waals surface area (Å²) in [5, 5.41) is 0. The van der Waals surface area contributed by atoms with Crippen LogP contribution in [0.25, 0.3) is 0 Å². The van der Waals surface area contributed by atoms with Crippen molar-refractivity contribution in [3.63, 3.8) is 0 Å². The normalized spacial score (nSPS) is 9.50. The Hall–Kier alpha value is -1.25. The molecule has 0 aliphatic carbocycles. The summed E-state index contributed by atoms with van der Waals surface area (Å²) in [6.07, 6.45) is 4.32. The third kappa shape index (κ3) is 2.12. The van der Waals surface area contributed by atoms with E-state index < -0.39 is 0 Å². The summed E-state index contributed by atoms with van der Waals surface area (Å²) in [6.45, 7) is 2.75. The summed E-state index contributed by atoms with van der Waals surface area (Å²) >= 11 is 0. The van der Waals surface area contributed by atoms with Crippen molar-refractivity contribution in [3.05, 3.63) is 18.5 Å². The molecule has 66 valence electrons. The second-order valence-electron chi connectivity index (χ2n) is 2.37. The molecule has 0 unspecified atom stereocenters. The maximum atomic E-state index is 5.39. The fourth-order valence-corrected chi connectivity index (χ4v) is 0.856. The van der Waals surface area contributed by atoms with E-state index in [1.165, 1.54) is 0 Å². The summed E-state index contributed by atoms with van der Waals surface area (Å²) in [4.78, 5) is 3.94. The van der Waals surface area contributed by atoms with Crippen molar-refractivity contribution in [2.24, 2.45) is 0 Å². The van der Waals surface area contributed by atoms with Gasteiger partial charge in [0.1, 0.15) is 0 Å². The van der Waals surface area contributed by atoms with Crippen LogP contribution in [0.2, 0.25) is 0 Å². The van der Waals surface area contributed by atoms with Crippen LogP contribution in [0.15, 0.2) is 18.5 Å². The van der Waals surface area contributed by atoms with E-state index in [0.29, 0.717) is 12.4 Å². The predicted molar refractivity (Wildman–Crippen MR) is 46.6 cm³/mol. The third-order valence-electron chi connectivity index (χ3n) is 1.43. The van der Waals surface area contributed by atoms with Gasteiger partial charge in [0.2, 0.25) is 0 Å². The fourth-order valence-electron chi connectivity index (χ4n) is 0.856. The minimum atomic E-state index is 0.696. The van der Waals surface area contributed by atoms with Gasteiger partial charge < -0.3 is 9.47 Å². The molecule has 0 saturated carbocycles. The number of ether oxygens (including phenoxy) is 2. The Kier molecular flexibility index (Phi) is 3.38. The van der Waals surface area contributed by atoms with Gasteiger partial charge in [-0.25, -0.2) is 0 Å². The molecule has 1 aromatic rings. The molecule has 0 aromatic carbocycles. The van der Waals surface area contributed by atoms with E-state index in [2.05, 4.69) is 11.9 Å². The second kappa shape index (κ2) is 4.59. The molecule has 0 saturated heterocycles. The molecule has 1 rings (SSSR count). The van der Waals surface area contributed by atoms with Crippen molar-refractivity contribution < 1.29 is 9.47 Å². The molecule has 0 spiro atoms. The molecule has 0 fully saturated rings. The largest absolute Gasteiger partial charge is 0.493 e. The van der Waals surface area contributed by atoms with Gasteiger partial charge in [0.15, 0.2) is 11.5 Å². The molecule has 3 heteroatoms. The molecule has 0 radical (unpaired) electrons. The summed E-state index contributed by atoms with van der Waals surface area (Å²) in [5.41, 5.74) is 0. The van der Waals surface area contributed by atoms with E-state index >= 15 is 0 Å². The SMILES string of the molecule is CCCOc1cnccc1OC. The van der Waals surface area contributed by atoms with Crippen molar-refractivity contribution in [1.29, 1.82) is 0 Å². The summed E-state index contributed by atoms with van der Waals surface area (Å²) in [5.74, 6) is 1.44. The molecule has 0 aliphatic rings. The van der Waals surface area contributed by atoms with Crippen LogP contribution in [-0.4, -0.2) is 18.7 Å². The zero-order valence-electron chi connectivity index (χ0n) is 7.41. The standard InChI is InChI=1S/C9H13NO2/c1-3-6-12-9-7-10-5-4-8(9)11-2/h4-5,7H,3,6H2,1-2H3. The van der Waals surface area contributed by atoms with Crippen molar-refractivity contribution >= 4 is 0 Å². The van der Waals surface area contributed by atoms with Gasteiger partial charge in [-0.15, -0.1) is 0 Å². The molecular weight excluding hydrogens is 154 g/mol. The van der Waals surface area contributed by atoms with E-state index in [1.807, 2.05) is 0 Å². The highest BCUT2D eigenvalue weighted by Crippen LogP contribution is 2.24. The van der Waals surface area contributed by atoms with E-state index in [1.54, 1.807) is 25.6 Å². The Balaban J connectivity index is 2.68. The molecule has 0 N–H and O–H groups in total. The van der Waals surface area contributed by atoms with Gasteiger partial charge in [-0.3, -0.25) is 4.98 Å². The van der Waals surface area contributed by atoms with Crippen molar-refractivity contribution in [3.8, 4) is 11.5 Å². The van der Waals surface area contributed by atoms with Crippen LogP contribution in [0.4, 0.5) is 0 Å². The first kappa shape index (κ1) is 8.84. The van der Waals surface area contributed by atoms with E-state index in [9.17, 15) is 0 Å². The second-order valence-corrected chi connectivity index (χ2v) is 2.37. The first-order valence-electron chi connectivity index (χ1n) is 3.99. The Labute approximate surface area is 72.3 Å². The molecule has 1 aromatic heterocycles. The molecule has 3 nitrogen and oxygen atoms in total. The number of nitrogens with zero attached hydrogens (tertiary/aromatic N) is 1. The monoisotopic (exact) mass is 167 g/mol. The highest BCUT2D eigenvalue weighted by Gasteiger charge is 2.01. The minimum Gasteiger partial charge on any atom is -0.493 e. The molecule has 0 atom stereocenters. The smallest absolute Gasteiger partial charge is 0.179 e. The lowest BCUT2D eigenvalue weighted by Crippen LogP contribution is -1.97. The lowest BCUT2D eigenvalue weighted by atomic mass is 10.4. The van der Waals surface area contributed by atoms with Crippen molar-refractivity contribution in [1.82, 2.24) is 4.98 Å². The summed E-state index contributed by atoms with van der Waals surface area (Å²) in [7, 11) is 1.62. The van der Waals surface area contributed by atoms with Gasteiger partial charge in [-0.1, -0.05) is 6.92 Å². The topological polar surface area (TPSA) is 31.4 Å². The van der Waals surface area contributed by atoms with Crippen LogP contribution >= 0.6 is 0 Å². The zero-order chi connectivity index (χ0) is 8.81. The minimum absolute atomic E-state index is 0.696. The van der Waals surface area contributed by atoms with Gasteiger partial charge in [0.05, 0.1) is 19.9 Å². The molecule has 1 heterocycles. The lowest BCUT2D eigenvalue weighted by Gasteiger charge is -2.07. The van der Waals surface area contributed by atoms with Crippen LogP contribution in [0.1, 0.15) is 13.3 Å². The van der Waals surface area contributed by atoms with Gasteiger partial charge in [0, 0.05) is 12.3 Å². The maximum Gasteiger partial charge on any atom is 0.179 e. The van der Waals surface area contributed by atoms with E-state index in [4.69, 9.17) is 9.47 Å².